The van der Waals surface area contributed by atoms with Crippen molar-refractivity contribution >= 4 is 11.8 Å². The van der Waals surface area contributed by atoms with Crippen molar-refractivity contribution in [2.45, 2.75) is 11.0 Å². The molecule has 1 unspecified atom stereocenters. The van der Waals surface area contributed by atoms with Crippen LogP contribution in [0.25, 0.3) is 0 Å². The Balaban J connectivity index is 1.93. The zero-order valence-electron chi connectivity index (χ0n) is 10.2. The normalized spacial score (nSPS) is 12.1. The summed E-state index contributed by atoms with van der Waals surface area (Å²) in [7, 11) is 1.64. The molecule has 0 spiro atoms. The second kappa shape index (κ2) is 6.47. The van der Waals surface area contributed by atoms with Gasteiger partial charge in [-0.15, -0.1) is 11.8 Å². The Hall–Kier alpha value is -1.45. The molecule has 0 aliphatic heterocycles. The average molecular weight is 260 g/mol. The minimum atomic E-state index is -0.457. The summed E-state index contributed by atoms with van der Waals surface area (Å²) in [4.78, 5) is 1.17. The van der Waals surface area contributed by atoms with Gasteiger partial charge in [0.1, 0.15) is 5.75 Å². The highest BCUT2D eigenvalue weighted by molar-refractivity contribution is 7.99. The lowest BCUT2D eigenvalue weighted by Crippen LogP contribution is -2.00. The molecule has 1 atom stereocenters. The van der Waals surface area contributed by atoms with Crippen molar-refractivity contribution < 1.29 is 9.84 Å². The molecule has 0 fully saturated rings. The fraction of sp³-hybridized carbons (Fsp3) is 0.200. The molecule has 0 aromatic heterocycles. The summed E-state index contributed by atoms with van der Waals surface area (Å²) >= 11 is 1.65. The molecular weight excluding hydrogens is 244 g/mol. The maximum absolute atomic E-state index is 10.1. The quantitative estimate of drug-likeness (QED) is 0.834. The van der Waals surface area contributed by atoms with E-state index in [0.29, 0.717) is 5.75 Å². The van der Waals surface area contributed by atoms with Gasteiger partial charge in [-0.05, 0) is 29.8 Å². The molecule has 0 aliphatic rings. The molecule has 0 bridgehead atoms. The van der Waals surface area contributed by atoms with Crippen LogP contribution in [-0.2, 0) is 0 Å². The number of benzene rings is 2. The summed E-state index contributed by atoms with van der Waals surface area (Å²) < 4.78 is 5.09. The molecule has 2 nitrogen and oxygen atoms in total. The van der Waals surface area contributed by atoms with Gasteiger partial charge in [0.2, 0.25) is 0 Å². The number of rotatable bonds is 5. The molecule has 2 rings (SSSR count). The van der Waals surface area contributed by atoms with E-state index in [1.165, 1.54) is 4.90 Å². The van der Waals surface area contributed by atoms with Gasteiger partial charge in [-0.25, -0.2) is 0 Å². The van der Waals surface area contributed by atoms with Crippen LogP contribution in [0.2, 0.25) is 0 Å². The van der Waals surface area contributed by atoms with Crippen LogP contribution in [0.4, 0.5) is 0 Å². The SMILES string of the molecule is COc1ccc(C(O)CSc2ccccc2)cc1. The predicted octanol–water partition coefficient (Wildman–Crippen LogP) is 3.52. The van der Waals surface area contributed by atoms with Crippen molar-refractivity contribution in [3.05, 3.63) is 60.2 Å². The van der Waals surface area contributed by atoms with Gasteiger partial charge in [0, 0.05) is 10.6 Å². The highest BCUT2D eigenvalue weighted by Gasteiger charge is 2.08. The highest BCUT2D eigenvalue weighted by Crippen LogP contribution is 2.25. The Labute approximate surface area is 112 Å². The summed E-state index contributed by atoms with van der Waals surface area (Å²) in [6.07, 6.45) is -0.457. The monoisotopic (exact) mass is 260 g/mol. The fourth-order valence-electron chi connectivity index (χ4n) is 1.61. The number of hydrogen-bond acceptors (Lipinski definition) is 3. The lowest BCUT2D eigenvalue weighted by Gasteiger charge is -2.11. The van der Waals surface area contributed by atoms with Gasteiger partial charge < -0.3 is 9.84 Å². The number of hydrogen-bond donors (Lipinski definition) is 1. The Morgan fingerprint density at radius 1 is 1.06 bits per heavy atom. The topological polar surface area (TPSA) is 29.5 Å². The molecule has 2 aromatic rings. The van der Waals surface area contributed by atoms with E-state index in [1.807, 2.05) is 54.6 Å². The van der Waals surface area contributed by atoms with Gasteiger partial charge in [-0.2, -0.15) is 0 Å². The van der Waals surface area contributed by atoms with Crippen LogP contribution in [0.3, 0.4) is 0 Å². The standard InChI is InChI=1S/C15H16O2S/c1-17-13-9-7-12(8-10-13)15(16)11-18-14-5-3-2-4-6-14/h2-10,15-16H,11H2,1H3. The molecule has 0 radical (unpaired) electrons. The van der Waals surface area contributed by atoms with E-state index >= 15 is 0 Å². The largest absolute Gasteiger partial charge is 0.497 e. The van der Waals surface area contributed by atoms with Crippen LogP contribution >= 0.6 is 11.8 Å². The molecule has 18 heavy (non-hydrogen) atoms. The zero-order chi connectivity index (χ0) is 12.8. The first-order valence-electron chi connectivity index (χ1n) is 5.79. The second-order valence-electron chi connectivity index (χ2n) is 3.91. The zero-order valence-corrected chi connectivity index (χ0v) is 11.1. The maximum atomic E-state index is 10.1. The summed E-state index contributed by atoms with van der Waals surface area (Å²) in [6, 6.07) is 17.6. The van der Waals surface area contributed by atoms with Gasteiger partial charge in [0.05, 0.1) is 13.2 Å². The maximum Gasteiger partial charge on any atom is 0.118 e. The first-order chi connectivity index (χ1) is 8.79. The van der Waals surface area contributed by atoms with E-state index in [-0.39, 0.29) is 0 Å². The van der Waals surface area contributed by atoms with Crippen molar-refractivity contribution in [1.29, 1.82) is 0 Å². The Bertz CT molecular complexity index is 468. The molecule has 94 valence electrons. The van der Waals surface area contributed by atoms with Crippen molar-refractivity contribution in [3.63, 3.8) is 0 Å². The van der Waals surface area contributed by atoms with Gasteiger partial charge in [-0.3, -0.25) is 0 Å². The highest BCUT2D eigenvalue weighted by atomic mass is 32.2. The average Bonchev–Trinajstić information content (AvgIpc) is 2.46. The molecular formula is C15H16O2S. The van der Waals surface area contributed by atoms with Crippen molar-refractivity contribution in [2.75, 3.05) is 12.9 Å². The van der Waals surface area contributed by atoms with E-state index < -0.39 is 6.10 Å². The number of aliphatic hydroxyl groups is 1. The molecule has 0 amide bonds. The van der Waals surface area contributed by atoms with Crippen LogP contribution in [0.1, 0.15) is 11.7 Å². The smallest absolute Gasteiger partial charge is 0.118 e. The summed E-state index contributed by atoms with van der Waals surface area (Å²) in [5.41, 5.74) is 0.916. The lowest BCUT2D eigenvalue weighted by molar-refractivity contribution is 0.204. The van der Waals surface area contributed by atoms with Crippen LogP contribution in [0.5, 0.6) is 5.75 Å². The van der Waals surface area contributed by atoms with Crippen LogP contribution in [0, 0.1) is 0 Å². The summed E-state index contributed by atoms with van der Waals surface area (Å²) in [5, 5.41) is 10.1. The van der Waals surface area contributed by atoms with Crippen molar-refractivity contribution in [3.8, 4) is 5.75 Å². The van der Waals surface area contributed by atoms with Crippen molar-refractivity contribution in [1.82, 2.24) is 0 Å². The van der Waals surface area contributed by atoms with Crippen molar-refractivity contribution in [2.24, 2.45) is 0 Å². The fourth-order valence-corrected chi connectivity index (χ4v) is 2.51. The Morgan fingerprint density at radius 2 is 1.72 bits per heavy atom. The van der Waals surface area contributed by atoms with E-state index in [1.54, 1.807) is 18.9 Å². The molecule has 2 aromatic carbocycles. The Kier molecular flexibility index (Phi) is 4.67. The first-order valence-corrected chi connectivity index (χ1v) is 6.78. The van der Waals surface area contributed by atoms with Gasteiger partial charge in [0.25, 0.3) is 0 Å². The second-order valence-corrected chi connectivity index (χ2v) is 5.01. The van der Waals surface area contributed by atoms with Gasteiger partial charge in [0.15, 0.2) is 0 Å². The third-order valence-electron chi connectivity index (χ3n) is 2.65. The first kappa shape index (κ1) is 13.0. The molecule has 3 heteroatoms. The molecule has 0 aliphatic carbocycles. The molecule has 0 heterocycles. The molecule has 1 N–H and O–H groups in total. The van der Waals surface area contributed by atoms with E-state index in [4.69, 9.17) is 4.74 Å². The lowest BCUT2D eigenvalue weighted by atomic mass is 10.1. The van der Waals surface area contributed by atoms with E-state index in [9.17, 15) is 5.11 Å². The minimum Gasteiger partial charge on any atom is -0.497 e. The van der Waals surface area contributed by atoms with Crippen LogP contribution in [-0.4, -0.2) is 18.0 Å². The number of aliphatic hydroxyl groups excluding tert-OH is 1. The Morgan fingerprint density at radius 3 is 2.33 bits per heavy atom. The third-order valence-corrected chi connectivity index (χ3v) is 3.74. The van der Waals surface area contributed by atoms with E-state index in [0.717, 1.165) is 11.3 Å². The van der Waals surface area contributed by atoms with Crippen LogP contribution in [0.15, 0.2) is 59.5 Å². The predicted molar refractivity (Wildman–Crippen MR) is 75.1 cm³/mol. The third kappa shape index (κ3) is 3.52. The minimum absolute atomic E-state index is 0.457. The van der Waals surface area contributed by atoms with Gasteiger partial charge in [-0.1, -0.05) is 30.3 Å². The molecule has 0 saturated heterocycles. The van der Waals surface area contributed by atoms with Crippen LogP contribution < -0.4 is 4.74 Å². The number of methoxy groups -OCH3 is 1. The van der Waals surface area contributed by atoms with Gasteiger partial charge >= 0.3 is 0 Å². The number of thioether (sulfide) groups is 1. The summed E-state index contributed by atoms with van der Waals surface area (Å²) in [6.45, 7) is 0. The van der Waals surface area contributed by atoms with E-state index in [2.05, 4.69) is 0 Å². The molecule has 0 saturated carbocycles. The number of ether oxygens (including phenoxy) is 1. The summed E-state index contributed by atoms with van der Waals surface area (Å²) in [5.74, 6) is 1.46.